The number of carbonyl (C=O) groups is 1. The van der Waals surface area contributed by atoms with Gasteiger partial charge in [0.15, 0.2) is 6.10 Å². The molecule has 0 saturated carbocycles. The highest BCUT2D eigenvalue weighted by atomic mass is 16.6. The first-order valence-corrected chi connectivity index (χ1v) is 5.43. The highest BCUT2D eigenvalue weighted by Crippen LogP contribution is 2.13. The maximum atomic E-state index is 11.5. The predicted octanol–water partition coefficient (Wildman–Crippen LogP) is 2.71. The van der Waals surface area contributed by atoms with Crippen LogP contribution >= 0.6 is 0 Å². The molecular formula is C13H18O3. The van der Waals surface area contributed by atoms with Crippen molar-refractivity contribution in [2.45, 2.75) is 39.9 Å². The summed E-state index contributed by atoms with van der Waals surface area (Å²) >= 11 is 0. The third-order valence-electron chi connectivity index (χ3n) is 2.02. The van der Waals surface area contributed by atoms with E-state index in [9.17, 15) is 4.79 Å². The number of benzene rings is 1. The van der Waals surface area contributed by atoms with Gasteiger partial charge in [0.05, 0.1) is 6.10 Å². The summed E-state index contributed by atoms with van der Waals surface area (Å²) in [7, 11) is 0. The maximum Gasteiger partial charge on any atom is 0.347 e. The van der Waals surface area contributed by atoms with Crippen molar-refractivity contribution in [1.82, 2.24) is 0 Å². The number of esters is 1. The SMILES string of the molecule is Cc1ccc(OC(C)C(=O)OC(C)C)cc1. The molecule has 3 heteroatoms. The van der Waals surface area contributed by atoms with Crippen LogP contribution in [-0.4, -0.2) is 18.2 Å². The van der Waals surface area contributed by atoms with Gasteiger partial charge >= 0.3 is 5.97 Å². The molecule has 0 fully saturated rings. The van der Waals surface area contributed by atoms with Crippen LogP contribution in [0.15, 0.2) is 24.3 Å². The summed E-state index contributed by atoms with van der Waals surface area (Å²) in [5, 5.41) is 0. The monoisotopic (exact) mass is 222 g/mol. The van der Waals surface area contributed by atoms with E-state index in [-0.39, 0.29) is 12.1 Å². The minimum atomic E-state index is -0.579. The van der Waals surface area contributed by atoms with E-state index in [1.807, 2.05) is 45.0 Å². The molecule has 0 aliphatic heterocycles. The molecule has 0 N–H and O–H groups in total. The van der Waals surface area contributed by atoms with Crippen molar-refractivity contribution >= 4 is 5.97 Å². The maximum absolute atomic E-state index is 11.5. The van der Waals surface area contributed by atoms with Gasteiger partial charge in [0, 0.05) is 0 Å². The average molecular weight is 222 g/mol. The van der Waals surface area contributed by atoms with Crippen molar-refractivity contribution in [2.75, 3.05) is 0 Å². The smallest absolute Gasteiger partial charge is 0.347 e. The van der Waals surface area contributed by atoms with Crippen LogP contribution in [-0.2, 0) is 9.53 Å². The van der Waals surface area contributed by atoms with Crippen LogP contribution in [0.3, 0.4) is 0 Å². The normalized spacial score (nSPS) is 12.3. The predicted molar refractivity (Wildman–Crippen MR) is 62.5 cm³/mol. The molecule has 0 amide bonds. The summed E-state index contributed by atoms with van der Waals surface area (Å²) in [4.78, 5) is 11.5. The van der Waals surface area contributed by atoms with Gasteiger partial charge in [-0.2, -0.15) is 0 Å². The van der Waals surface area contributed by atoms with E-state index in [1.54, 1.807) is 6.92 Å². The van der Waals surface area contributed by atoms with Crippen molar-refractivity contribution in [3.63, 3.8) is 0 Å². The van der Waals surface area contributed by atoms with Crippen molar-refractivity contribution in [3.05, 3.63) is 29.8 Å². The number of carbonyl (C=O) groups excluding carboxylic acids is 1. The van der Waals surface area contributed by atoms with E-state index >= 15 is 0 Å². The molecule has 0 spiro atoms. The second-order valence-electron chi connectivity index (χ2n) is 4.06. The standard InChI is InChI=1S/C13H18O3/c1-9(2)15-13(14)11(4)16-12-7-5-10(3)6-8-12/h5-9,11H,1-4H3. The van der Waals surface area contributed by atoms with Gasteiger partial charge in [0.2, 0.25) is 0 Å². The zero-order chi connectivity index (χ0) is 12.1. The Morgan fingerprint density at radius 2 is 1.69 bits per heavy atom. The third-order valence-corrected chi connectivity index (χ3v) is 2.02. The Labute approximate surface area is 96.4 Å². The highest BCUT2D eigenvalue weighted by molar-refractivity contribution is 5.74. The molecule has 1 aromatic carbocycles. The fraction of sp³-hybridized carbons (Fsp3) is 0.462. The Morgan fingerprint density at radius 3 is 2.19 bits per heavy atom. The molecule has 1 rings (SSSR count). The third kappa shape index (κ3) is 3.93. The van der Waals surface area contributed by atoms with Crippen molar-refractivity contribution in [2.24, 2.45) is 0 Å². The second kappa shape index (κ2) is 5.54. The van der Waals surface area contributed by atoms with Gasteiger partial charge in [0.1, 0.15) is 5.75 Å². The first-order chi connectivity index (χ1) is 7.49. The molecule has 0 aliphatic rings. The first kappa shape index (κ1) is 12.6. The summed E-state index contributed by atoms with van der Waals surface area (Å²) in [5.41, 5.74) is 1.16. The highest BCUT2D eigenvalue weighted by Gasteiger charge is 2.17. The zero-order valence-corrected chi connectivity index (χ0v) is 10.2. The van der Waals surface area contributed by atoms with E-state index in [0.717, 1.165) is 5.56 Å². The molecule has 0 radical (unpaired) electrons. The minimum absolute atomic E-state index is 0.114. The van der Waals surface area contributed by atoms with Gasteiger partial charge in [-0.1, -0.05) is 17.7 Å². The van der Waals surface area contributed by atoms with Crippen LogP contribution in [0.2, 0.25) is 0 Å². The quantitative estimate of drug-likeness (QED) is 0.735. The van der Waals surface area contributed by atoms with Crippen molar-refractivity contribution in [1.29, 1.82) is 0 Å². The lowest BCUT2D eigenvalue weighted by Crippen LogP contribution is -2.28. The van der Waals surface area contributed by atoms with Crippen LogP contribution in [0.1, 0.15) is 26.3 Å². The fourth-order valence-electron chi connectivity index (χ4n) is 1.20. The summed E-state index contributed by atoms with van der Waals surface area (Å²) in [5.74, 6) is 0.342. The minimum Gasteiger partial charge on any atom is -0.479 e. The number of hydrogen-bond acceptors (Lipinski definition) is 3. The lowest BCUT2D eigenvalue weighted by atomic mass is 10.2. The number of aryl methyl sites for hydroxylation is 1. The molecule has 0 bridgehead atoms. The van der Waals surface area contributed by atoms with Crippen molar-refractivity contribution < 1.29 is 14.3 Å². The lowest BCUT2D eigenvalue weighted by molar-refractivity contribution is -0.154. The van der Waals surface area contributed by atoms with E-state index in [2.05, 4.69) is 0 Å². The molecular weight excluding hydrogens is 204 g/mol. The molecule has 88 valence electrons. The fourth-order valence-corrected chi connectivity index (χ4v) is 1.20. The molecule has 0 saturated heterocycles. The number of ether oxygens (including phenoxy) is 2. The van der Waals surface area contributed by atoms with Gasteiger partial charge in [-0.3, -0.25) is 0 Å². The van der Waals surface area contributed by atoms with Gasteiger partial charge in [-0.05, 0) is 39.8 Å². The lowest BCUT2D eigenvalue weighted by Gasteiger charge is -2.15. The van der Waals surface area contributed by atoms with Gasteiger partial charge in [-0.15, -0.1) is 0 Å². The van der Waals surface area contributed by atoms with E-state index < -0.39 is 6.10 Å². The molecule has 1 aromatic rings. The summed E-state index contributed by atoms with van der Waals surface area (Å²) < 4.78 is 10.5. The summed E-state index contributed by atoms with van der Waals surface area (Å²) in [6, 6.07) is 7.56. The first-order valence-electron chi connectivity index (χ1n) is 5.43. The summed E-state index contributed by atoms with van der Waals surface area (Å²) in [6.07, 6.45) is -0.693. The molecule has 1 atom stereocenters. The van der Waals surface area contributed by atoms with Gasteiger partial charge < -0.3 is 9.47 Å². The van der Waals surface area contributed by atoms with Gasteiger partial charge in [-0.25, -0.2) is 4.79 Å². The molecule has 3 nitrogen and oxygen atoms in total. The zero-order valence-electron chi connectivity index (χ0n) is 10.2. The Balaban J connectivity index is 2.53. The van der Waals surface area contributed by atoms with Crippen molar-refractivity contribution in [3.8, 4) is 5.75 Å². The van der Waals surface area contributed by atoms with E-state index in [1.165, 1.54) is 0 Å². The topological polar surface area (TPSA) is 35.5 Å². The Bertz CT molecular complexity index is 341. The van der Waals surface area contributed by atoms with Crippen LogP contribution in [0.5, 0.6) is 5.75 Å². The van der Waals surface area contributed by atoms with Crippen LogP contribution < -0.4 is 4.74 Å². The second-order valence-corrected chi connectivity index (χ2v) is 4.06. The Kier molecular flexibility index (Phi) is 4.35. The molecule has 0 heterocycles. The van der Waals surface area contributed by atoms with Crippen LogP contribution in [0.4, 0.5) is 0 Å². The molecule has 1 unspecified atom stereocenters. The van der Waals surface area contributed by atoms with Gasteiger partial charge in [0.25, 0.3) is 0 Å². The van der Waals surface area contributed by atoms with Crippen LogP contribution in [0, 0.1) is 6.92 Å². The number of rotatable bonds is 4. The number of hydrogen-bond donors (Lipinski definition) is 0. The summed E-state index contributed by atoms with van der Waals surface area (Å²) in [6.45, 7) is 7.32. The largest absolute Gasteiger partial charge is 0.479 e. The molecule has 0 aromatic heterocycles. The molecule has 16 heavy (non-hydrogen) atoms. The average Bonchev–Trinajstić information content (AvgIpc) is 2.20. The van der Waals surface area contributed by atoms with E-state index in [0.29, 0.717) is 5.75 Å². The molecule has 0 aliphatic carbocycles. The van der Waals surface area contributed by atoms with Crippen LogP contribution in [0.25, 0.3) is 0 Å². The Hall–Kier alpha value is -1.51. The van der Waals surface area contributed by atoms with E-state index in [4.69, 9.17) is 9.47 Å². The Morgan fingerprint density at radius 1 is 1.12 bits per heavy atom.